The molecule has 0 fully saturated rings. The van der Waals surface area contributed by atoms with E-state index in [1.165, 1.54) is 0 Å². The third-order valence-electron chi connectivity index (χ3n) is 3.89. The molecule has 0 spiro atoms. The Morgan fingerprint density at radius 3 is 2.50 bits per heavy atom. The van der Waals surface area contributed by atoms with Crippen LogP contribution in [0.3, 0.4) is 0 Å². The maximum Gasteiger partial charge on any atom is 0.255 e. The molecule has 0 aliphatic heterocycles. The lowest BCUT2D eigenvalue weighted by Gasteiger charge is -2.07. The average molecular weight is 384 g/mol. The molecule has 4 rings (SSSR count). The predicted octanol–water partition coefficient (Wildman–Crippen LogP) is 5.56. The summed E-state index contributed by atoms with van der Waals surface area (Å²) in [5.41, 5.74) is 4.06. The number of carbonyl (C=O) groups excluding carboxylic acids is 1. The van der Waals surface area contributed by atoms with Crippen LogP contribution in [-0.4, -0.2) is 15.9 Å². The van der Waals surface area contributed by atoms with Gasteiger partial charge in [-0.2, -0.15) is 0 Å². The van der Waals surface area contributed by atoms with Crippen molar-refractivity contribution in [3.63, 3.8) is 0 Å². The largest absolute Gasteiger partial charge is 0.338 e. The number of hydrogen-bond acceptors (Lipinski definition) is 2. The number of hydrogen-bond donors (Lipinski definition) is 2. The van der Waals surface area contributed by atoms with Crippen LogP contribution in [0.5, 0.6) is 0 Å². The fourth-order valence-corrected chi connectivity index (χ4v) is 2.76. The molecule has 0 bridgehead atoms. The van der Waals surface area contributed by atoms with Gasteiger partial charge in [0.2, 0.25) is 0 Å². The third-order valence-corrected chi connectivity index (χ3v) is 4.14. The molecule has 0 aliphatic rings. The average Bonchev–Trinajstić information content (AvgIpc) is 3.07. The first-order chi connectivity index (χ1) is 12.2. The van der Waals surface area contributed by atoms with E-state index < -0.39 is 0 Å². The predicted molar refractivity (Wildman–Crippen MR) is 108 cm³/mol. The van der Waals surface area contributed by atoms with Crippen molar-refractivity contribution < 1.29 is 4.79 Å². The number of nitrogens with one attached hydrogen (secondary N) is 2. The fourth-order valence-electron chi connectivity index (χ4n) is 2.64. The van der Waals surface area contributed by atoms with Crippen LogP contribution in [0.4, 0.5) is 5.69 Å². The minimum absolute atomic E-state index is 0. The molecule has 1 amide bonds. The Balaban J connectivity index is 0.00000196. The van der Waals surface area contributed by atoms with Crippen LogP contribution in [0.15, 0.2) is 72.8 Å². The topological polar surface area (TPSA) is 57.8 Å². The van der Waals surface area contributed by atoms with Gasteiger partial charge in [0.25, 0.3) is 5.91 Å². The number of benzene rings is 3. The SMILES string of the molecule is Cl.O=C(Nc1cccc(-c2nc3ccccc3[nH]2)c1)c1ccc(Cl)cc1. The summed E-state index contributed by atoms with van der Waals surface area (Å²) in [5.74, 6) is 0.585. The van der Waals surface area contributed by atoms with Gasteiger partial charge in [-0.05, 0) is 48.5 Å². The summed E-state index contributed by atoms with van der Waals surface area (Å²) in [7, 11) is 0. The van der Waals surface area contributed by atoms with E-state index in [0.717, 1.165) is 22.4 Å². The van der Waals surface area contributed by atoms with Gasteiger partial charge in [0, 0.05) is 21.8 Å². The molecule has 0 atom stereocenters. The fraction of sp³-hybridized carbons (Fsp3) is 0. The molecule has 4 aromatic rings. The zero-order valence-corrected chi connectivity index (χ0v) is 15.1. The number of aromatic amines is 1. The molecule has 0 unspecified atom stereocenters. The molecule has 130 valence electrons. The van der Waals surface area contributed by atoms with Crippen molar-refractivity contribution in [3.8, 4) is 11.4 Å². The number of aromatic nitrogens is 2. The number of rotatable bonds is 3. The van der Waals surface area contributed by atoms with E-state index in [-0.39, 0.29) is 18.3 Å². The Morgan fingerprint density at radius 2 is 1.73 bits per heavy atom. The van der Waals surface area contributed by atoms with Crippen LogP contribution >= 0.6 is 24.0 Å². The van der Waals surface area contributed by atoms with Crippen LogP contribution in [0.1, 0.15) is 10.4 Å². The van der Waals surface area contributed by atoms with E-state index in [0.29, 0.717) is 16.3 Å². The van der Waals surface area contributed by atoms with Crippen molar-refractivity contribution >= 4 is 46.6 Å². The lowest BCUT2D eigenvalue weighted by Crippen LogP contribution is -2.11. The highest BCUT2D eigenvalue weighted by Crippen LogP contribution is 2.23. The number of imidazole rings is 1. The molecule has 0 aliphatic carbocycles. The summed E-state index contributed by atoms with van der Waals surface area (Å²) in [6.45, 7) is 0. The van der Waals surface area contributed by atoms with Gasteiger partial charge in [0.1, 0.15) is 5.82 Å². The van der Waals surface area contributed by atoms with Crippen molar-refractivity contribution in [1.82, 2.24) is 9.97 Å². The zero-order chi connectivity index (χ0) is 17.2. The number of nitrogens with zero attached hydrogens (tertiary/aromatic N) is 1. The molecule has 2 N–H and O–H groups in total. The normalized spacial score (nSPS) is 10.3. The van der Waals surface area contributed by atoms with Crippen molar-refractivity contribution in [2.45, 2.75) is 0 Å². The molecule has 0 saturated heterocycles. The molecular formula is C20H15Cl2N3O. The second-order valence-corrected chi connectivity index (χ2v) is 6.08. The molecule has 1 aromatic heterocycles. The molecule has 3 aromatic carbocycles. The smallest absolute Gasteiger partial charge is 0.255 e. The summed E-state index contributed by atoms with van der Waals surface area (Å²) in [4.78, 5) is 20.2. The van der Waals surface area contributed by atoms with Crippen LogP contribution in [0, 0.1) is 0 Å². The molecule has 0 radical (unpaired) electrons. The summed E-state index contributed by atoms with van der Waals surface area (Å²) in [5, 5.41) is 3.50. The standard InChI is InChI=1S/C20H14ClN3O.ClH/c21-15-10-8-13(9-11-15)20(25)22-16-5-3-4-14(12-16)19-23-17-6-1-2-7-18(17)24-19;/h1-12H,(H,22,25)(H,23,24);1H. The maximum atomic E-state index is 12.3. The number of halogens is 2. The van der Waals surface area contributed by atoms with Gasteiger partial charge in [-0.3, -0.25) is 4.79 Å². The van der Waals surface area contributed by atoms with Gasteiger partial charge in [0.15, 0.2) is 0 Å². The van der Waals surface area contributed by atoms with Gasteiger partial charge in [0.05, 0.1) is 11.0 Å². The lowest BCUT2D eigenvalue weighted by atomic mass is 10.1. The molecule has 0 saturated carbocycles. The van der Waals surface area contributed by atoms with Crippen LogP contribution in [-0.2, 0) is 0 Å². The summed E-state index contributed by atoms with van der Waals surface area (Å²) in [6, 6.07) is 22.2. The third kappa shape index (κ3) is 3.72. The molecular weight excluding hydrogens is 369 g/mol. The molecule has 6 heteroatoms. The Labute approximate surface area is 161 Å². The summed E-state index contributed by atoms with van der Waals surface area (Å²) >= 11 is 5.86. The first-order valence-electron chi connectivity index (χ1n) is 7.81. The van der Waals surface area contributed by atoms with Gasteiger partial charge < -0.3 is 10.3 Å². The van der Waals surface area contributed by atoms with Crippen LogP contribution < -0.4 is 5.32 Å². The van der Waals surface area contributed by atoms with Gasteiger partial charge in [-0.1, -0.05) is 35.9 Å². The Morgan fingerprint density at radius 1 is 0.962 bits per heavy atom. The zero-order valence-electron chi connectivity index (χ0n) is 13.6. The second-order valence-electron chi connectivity index (χ2n) is 5.64. The van der Waals surface area contributed by atoms with E-state index in [1.807, 2.05) is 48.5 Å². The quantitative estimate of drug-likeness (QED) is 0.486. The van der Waals surface area contributed by atoms with Gasteiger partial charge >= 0.3 is 0 Å². The first-order valence-corrected chi connectivity index (χ1v) is 8.19. The summed E-state index contributed by atoms with van der Waals surface area (Å²) < 4.78 is 0. The highest BCUT2D eigenvalue weighted by Gasteiger charge is 2.09. The van der Waals surface area contributed by atoms with E-state index in [1.54, 1.807) is 24.3 Å². The van der Waals surface area contributed by atoms with E-state index in [2.05, 4.69) is 15.3 Å². The van der Waals surface area contributed by atoms with Gasteiger partial charge in [-0.25, -0.2) is 4.98 Å². The van der Waals surface area contributed by atoms with Crippen molar-refractivity contribution in [2.24, 2.45) is 0 Å². The minimum atomic E-state index is -0.182. The van der Waals surface area contributed by atoms with E-state index in [4.69, 9.17) is 11.6 Å². The van der Waals surface area contributed by atoms with Crippen molar-refractivity contribution in [3.05, 3.63) is 83.4 Å². The van der Waals surface area contributed by atoms with Crippen molar-refractivity contribution in [1.29, 1.82) is 0 Å². The van der Waals surface area contributed by atoms with Gasteiger partial charge in [-0.15, -0.1) is 12.4 Å². The second kappa shape index (κ2) is 7.60. The number of H-pyrrole nitrogens is 1. The first kappa shape index (κ1) is 18.0. The number of amides is 1. The summed E-state index contributed by atoms with van der Waals surface area (Å²) in [6.07, 6.45) is 0. The number of fused-ring (bicyclic) bond motifs is 1. The van der Waals surface area contributed by atoms with E-state index >= 15 is 0 Å². The highest BCUT2D eigenvalue weighted by molar-refractivity contribution is 6.30. The van der Waals surface area contributed by atoms with Crippen LogP contribution in [0.2, 0.25) is 5.02 Å². The minimum Gasteiger partial charge on any atom is -0.338 e. The van der Waals surface area contributed by atoms with E-state index in [9.17, 15) is 4.79 Å². The molecule has 4 nitrogen and oxygen atoms in total. The Hall–Kier alpha value is -2.82. The monoisotopic (exact) mass is 383 g/mol. The number of anilines is 1. The Bertz CT molecular complexity index is 1030. The Kier molecular flexibility index (Phi) is 5.26. The molecule has 26 heavy (non-hydrogen) atoms. The van der Waals surface area contributed by atoms with Crippen molar-refractivity contribution in [2.75, 3.05) is 5.32 Å². The maximum absolute atomic E-state index is 12.3. The molecule has 1 heterocycles. The highest BCUT2D eigenvalue weighted by atomic mass is 35.5. The number of para-hydroxylation sites is 2. The lowest BCUT2D eigenvalue weighted by molar-refractivity contribution is 0.102. The van der Waals surface area contributed by atoms with Crippen LogP contribution in [0.25, 0.3) is 22.4 Å². The number of carbonyl (C=O) groups is 1.